The molecule has 0 radical (unpaired) electrons. The minimum absolute atomic E-state index is 0.819. The molecular formula is C10H21NS. The van der Waals surface area contributed by atoms with Gasteiger partial charge in [0.05, 0.1) is 0 Å². The average molecular weight is 187 g/mol. The van der Waals surface area contributed by atoms with Gasteiger partial charge in [-0.25, -0.2) is 0 Å². The Kier molecular flexibility index (Phi) is 5.08. The molecule has 0 spiro atoms. The summed E-state index contributed by atoms with van der Waals surface area (Å²) < 4.78 is 0. The van der Waals surface area contributed by atoms with Gasteiger partial charge >= 0.3 is 0 Å². The van der Waals surface area contributed by atoms with E-state index in [9.17, 15) is 0 Å². The molecule has 1 nitrogen and oxygen atoms in total. The van der Waals surface area contributed by atoms with Crippen LogP contribution in [0.15, 0.2) is 0 Å². The first-order valence-corrected chi connectivity index (χ1v) is 6.29. The summed E-state index contributed by atoms with van der Waals surface area (Å²) in [5.74, 6) is 3.57. The molecule has 0 aromatic rings. The summed E-state index contributed by atoms with van der Waals surface area (Å²) in [6.45, 7) is 5.86. The van der Waals surface area contributed by atoms with Gasteiger partial charge < -0.3 is 5.32 Å². The van der Waals surface area contributed by atoms with Crippen LogP contribution >= 0.6 is 11.8 Å². The Labute approximate surface area is 80.7 Å². The second-order valence-corrected chi connectivity index (χ2v) is 4.92. The zero-order chi connectivity index (χ0) is 8.81. The van der Waals surface area contributed by atoms with Crippen molar-refractivity contribution < 1.29 is 0 Å². The van der Waals surface area contributed by atoms with Gasteiger partial charge in [-0.2, -0.15) is 11.8 Å². The molecule has 0 aromatic heterocycles. The zero-order valence-corrected chi connectivity index (χ0v) is 9.12. The molecule has 1 fully saturated rings. The third-order valence-corrected chi connectivity index (χ3v) is 4.02. The maximum absolute atomic E-state index is 3.53. The predicted octanol–water partition coefficient (Wildman–Crippen LogP) is 2.52. The number of thioether (sulfide) groups is 1. The lowest BCUT2D eigenvalue weighted by Crippen LogP contribution is -2.24. The van der Waals surface area contributed by atoms with Crippen LogP contribution in [0.1, 0.15) is 33.1 Å². The Hall–Kier alpha value is 0.310. The molecule has 1 aliphatic rings. The van der Waals surface area contributed by atoms with Gasteiger partial charge in [0, 0.05) is 11.8 Å². The highest BCUT2D eigenvalue weighted by atomic mass is 32.2. The summed E-state index contributed by atoms with van der Waals surface area (Å²) in [5, 5.41) is 3.53. The molecule has 2 atom stereocenters. The number of rotatable bonds is 5. The van der Waals surface area contributed by atoms with Crippen molar-refractivity contribution in [1.82, 2.24) is 5.32 Å². The van der Waals surface area contributed by atoms with Crippen LogP contribution in [-0.4, -0.2) is 24.1 Å². The van der Waals surface area contributed by atoms with Crippen LogP contribution in [-0.2, 0) is 0 Å². The van der Waals surface area contributed by atoms with E-state index < -0.39 is 0 Å². The maximum atomic E-state index is 3.53. The van der Waals surface area contributed by atoms with E-state index in [-0.39, 0.29) is 0 Å². The molecule has 12 heavy (non-hydrogen) atoms. The van der Waals surface area contributed by atoms with Crippen molar-refractivity contribution in [3.63, 3.8) is 0 Å². The van der Waals surface area contributed by atoms with E-state index in [1.165, 1.54) is 37.3 Å². The van der Waals surface area contributed by atoms with Gasteiger partial charge in [0.25, 0.3) is 0 Å². The largest absolute Gasteiger partial charge is 0.313 e. The van der Waals surface area contributed by atoms with Crippen LogP contribution in [0.5, 0.6) is 0 Å². The molecule has 1 unspecified atom stereocenters. The van der Waals surface area contributed by atoms with Gasteiger partial charge in [-0.05, 0) is 31.1 Å². The van der Waals surface area contributed by atoms with E-state index in [1.807, 2.05) is 0 Å². The fraction of sp³-hybridized carbons (Fsp3) is 1.00. The lowest BCUT2D eigenvalue weighted by Gasteiger charge is -2.11. The summed E-state index contributed by atoms with van der Waals surface area (Å²) in [6, 6.07) is 0.819. The Morgan fingerprint density at radius 3 is 3.00 bits per heavy atom. The highest BCUT2D eigenvalue weighted by Crippen LogP contribution is 2.15. The van der Waals surface area contributed by atoms with E-state index >= 15 is 0 Å². The van der Waals surface area contributed by atoms with E-state index in [0.29, 0.717) is 0 Å². The molecule has 1 saturated heterocycles. The topological polar surface area (TPSA) is 12.0 Å². The van der Waals surface area contributed by atoms with Gasteiger partial charge in [0.1, 0.15) is 0 Å². The Bertz CT molecular complexity index is 110. The molecule has 72 valence electrons. The Balaban J connectivity index is 1.94. The standard InChI is InChI=1S/C10H21NS/c1-3-9(2)7-12-8-10-5-4-6-11-10/h9-11H,3-8H2,1-2H3/t9?,10-/m0/s1. The summed E-state index contributed by atoms with van der Waals surface area (Å²) in [7, 11) is 0. The zero-order valence-electron chi connectivity index (χ0n) is 8.31. The highest BCUT2D eigenvalue weighted by molar-refractivity contribution is 7.99. The highest BCUT2D eigenvalue weighted by Gasteiger charge is 2.13. The maximum Gasteiger partial charge on any atom is 0.0158 e. The summed E-state index contributed by atoms with van der Waals surface area (Å²) in [5.41, 5.74) is 0. The van der Waals surface area contributed by atoms with E-state index in [2.05, 4.69) is 30.9 Å². The molecule has 1 heterocycles. The molecule has 0 bridgehead atoms. The molecule has 0 saturated carbocycles. The van der Waals surface area contributed by atoms with Gasteiger partial charge in [-0.15, -0.1) is 0 Å². The number of hydrogen-bond donors (Lipinski definition) is 1. The quantitative estimate of drug-likeness (QED) is 0.710. The first-order chi connectivity index (χ1) is 5.83. The number of nitrogens with one attached hydrogen (secondary N) is 1. The Morgan fingerprint density at radius 1 is 1.58 bits per heavy atom. The van der Waals surface area contributed by atoms with Gasteiger partial charge in [-0.3, -0.25) is 0 Å². The number of hydrogen-bond acceptors (Lipinski definition) is 2. The van der Waals surface area contributed by atoms with E-state index in [4.69, 9.17) is 0 Å². The van der Waals surface area contributed by atoms with Crippen LogP contribution in [0.25, 0.3) is 0 Å². The monoisotopic (exact) mass is 187 g/mol. The van der Waals surface area contributed by atoms with Crippen LogP contribution in [0.2, 0.25) is 0 Å². The van der Waals surface area contributed by atoms with Crippen LogP contribution < -0.4 is 5.32 Å². The van der Waals surface area contributed by atoms with Crippen molar-refractivity contribution >= 4 is 11.8 Å². The second kappa shape index (κ2) is 5.87. The summed E-state index contributed by atoms with van der Waals surface area (Å²) in [6.07, 6.45) is 4.10. The van der Waals surface area contributed by atoms with Gasteiger partial charge in [0.15, 0.2) is 0 Å². The summed E-state index contributed by atoms with van der Waals surface area (Å²) in [4.78, 5) is 0. The Morgan fingerprint density at radius 2 is 2.42 bits per heavy atom. The van der Waals surface area contributed by atoms with Crippen molar-refractivity contribution in [2.24, 2.45) is 5.92 Å². The minimum Gasteiger partial charge on any atom is -0.313 e. The van der Waals surface area contributed by atoms with Crippen LogP contribution in [0.3, 0.4) is 0 Å². The molecule has 1 aliphatic heterocycles. The van der Waals surface area contributed by atoms with Crippen molar-refractivity contribution in [3.8, 4) is 0 Å². The minimum atomic E-state index is 0.819. The fourth-order valence-corrected chi connectivity index (χ4v) is 2.77. The predicted molar refractivity (Wildman–Crippen MR) is 57.8 cm³/mol. The van der Waals surface area contributed by atoms with Crippen molar-refractivity contribution in [1.29, 1.82) is 0 Å². The van der Waals surface area contributed by atoms with Crippen molar-refractivity contribution in [3.05, 3.63) is 0 Å². The fourth-order valence-electron chi connectivity index (χ4n) is 1.43. The van der Waals surface area contributed by atoms with E-state index in [0.717, 1.165) is 12.0 Å². The lowest BCUT2D eigenvalue weighted by molar-refractivity contribution is 0.632. The van der Waals surface area contributed by atoms with Gasteiger partial charge in [-0.1, -0.05) is 20.3 Å². The molecule has 0 aromatic carbocycles. The summed E-state index contributed by atoms with van der Waals surface area (Å²) >= 11 is 2.12. The third kappa shape index (κ3) is 3.81. The van der Waals surface area contributed by atoms with Gasteiger partial charge in [0.2, 0.25) is 0 Å². The van der Waals surface area contributed by atoms with Crippen molar-refractivity contribution in [2.75, 3.05) is 18.1 Å². The molecule has 2 heteroatoms. The normalized spacial score (nSPS) is 26.0. The third-order valence-electron chi connectivity index (χ3n) is 2.58. The molecule has 0 aliphatic carbocycles. The molecular weight excluding hydrogens is 166 g/mol. The SMILES string of the molecule is CCC(C)CSC[C@@H]1CCCN1. The van der Waals surface area contributed by atoms with Crippen molar-refractivity contribution in [2.45, 2.75) is 39.2 Å². The first kappa shape index (κ1) is 10.4. The second-order valence-electron chi connectivity index (χ2n) is 3.84. The lowest BCUT2D eigenvalue weighted by atomic mass is 10.2. The first-order valence-electron chi connectivity index (χ1n) is 5.14. The molecule has 0 amide bonds. The van der Waals surface area contributed by atoms with Crippen LogP contribution in [0.4, 0.5) is 0 Å². The van der Waals surface area contributed by atoms with E-state index in [1.54, 1.807) is 0 Å². The smallest absolute Gasteiger partial charge is 0.0158 e. The average Bonchev–Trinajstić information content (AvgIpc) is 2.57. The van der Waals surface area contributed by atoms with Crippen LogP contribution in [0, 0.1) is 5.92 Å². The molecule has 1 rings (SSSR count). The molecule has 1 N–H and O–H groups in total.